The van der Waals surface area contributed by atoms with E-state index in [0.717, 1.165) is 35.4 Å². The van der Waals surface area contributed by atoms with Crippen LogP contribution in [0, 0.1) is 6.92 Å². The zero-order valence-corrected chi connectivity index (χ0v) is 14.8. The van der Waals surface area contributed by atoms with Crippen LogP contribution < -0.4 is 15.5 Å². The van der Waals surface area contributed by atoms with E-state index in [4.69, 9.17) is 0 Å². The molecule has 0 aromatic heterocycles. The first-order valence-corrected chi connectivity index (χ1v) is 7.99. The summed E-state index contributed by atoms with van der Waals surface area (Å²) < 4.78 is 0. The predicted molar refractivity (Wildman–Crippen MR) is 98.6 cm³/mol. The Morgan fingerprint density at radius 1 is 1.22 bits per heavy atom. The molecule has 1 aromatic rings. The topological polar surface area (TPSA) is 61.4 Å². The van der Waals surface area contributed by atoms with Crippen LogP contribution in [-0.4, -0.2) is 37.4 Å². The lowest BCUT2D eigenvalue weighted by atomic mass is 10.0. The molecule has 1 rings (SSSR count). The van der Waals surface area contributed by atoms with Gasteiger partial charge in [0.15, 0.2) is 0 Å². The van der Waals surface area contributed by atoms with Crippen molar-refractivity contribution in [3.63, 3.8) is 0 Å². The zero-order valence-electron chi connectivity index (χ0n) is 14.0. The number of benzene rings is 1. The lowest BCUT2D eigenvalue weighted by Crippen LogP contribution is -2.32. The van der Waals surface area contributed by atoms with Gasteiger partial charge in [0.2, 0.25) is 0 Å². The summed E-state index contributed by atoms with van der Waals surface area (Å²) in [6.07, 6.45) is 1.58. The number of hydrogen-bond acceptors (Lipinski definition) is 4. The zero-order chi connectivity index (χ0) is 17.4. The Bertz CT molecular complexity index is 622. The summed E-state index contributed by atoms with van der Waals surface area (Å²) in [5, 5.41) is 4.83. The first kappa shape index (κ1) is 18.8. The summed E-state index contributed by atoms with van der Waals surface area (Å²) in [6.45, 7) is 8.01. The van der Waals surface area contributed by atoms with Crippen molar-refractivity contribution in [1.29, 1.82) is 0 Å². The number of nitrogens with zero attached hydrogens (tertiary/aromatic N) is 1. The Morgan fingerprint density at radius 2 is 1.87 bits per heavy atom. The Balaban J connectivity index is 3.24. The maximum Gasteiger partial charge on any atom is 0.261 e. The molecule has 124 valence electrons. The van der Waals surface area contributed by atoms with Crippen molar-refractivity contribution in [3.05, 3.63) is 34.9 Å². The fourth-order valence-corrected chi connectivity index (χ4v) is 2.37. The van der Waals surface area contributed by atoms with Crippen LogP contribution in [0.3, 0.4) is 0 Å². The van der Waals surface area contributed by atoms with Gasteiger partial charge in [-0.1, -0.05) is 18.3 Å². The molecular weight excluding hydrogens is 310 g/mol. The third kappa shape index (κ3) is 4.89. The van der Waals surface area contributed by atoms with Crippen LogP contribution in [0.15, 0.2) is 23.8 Å². The summed E-state index contributed by atoms with van der Waals surface area (Å²) in [5.41, 5.74) is 4.04. The SMILES string of the molecule is CCN(CC)c1ccc(/C=C(/C(=O)NC)C(=O)NC=S)c(C)c1. The minimum absolute atomic E-state index is 0.0206. The van der Waals surface area contributed by atoms with Crippen LogP contribution >= 0.6 is 12.2 Å². The number of amides is 2. The number of anilines is 1. The molecular formula is C17H23N3O2S. The molecule has 0 atom stereocenters. The van der Waals surface area contributed by atoms with Crippen LogP contribution in [0.5, 0.6) is 0 Å². The highest BCUT2D eigenvalue weighted by molar-refractivity contribution is 7.78. The molecule has 1 aromatic carbocycles. The van der Waals surface area contributed by atoms with E-state index >= 15 is 0 Å². The second-order valence-corrected chi connectivity index (χ2v) is 5.18. The van der Waals surface area contributed by atoms with E-state index in [1.807, 2.05) is 19.1 Å². The van der Waals surface area contributed by atoms with Gasteiger partial charge >= 0.3 is 0 Å². The van der Waals surface area contributed by atoms with Crippen molar-refractivity contribution in [1.82, 2.24) is 10.6 Å². The number of hydrogen-bond donors (Lipinski definition) is 2. The Morgan fingerprint density at radius 3 is 2.35 bits per heavy atom. The van der Waals surface area contributed by atoms with Gasteiger partial charge in [0.1, 0.15) is 5.57 Å². The van der Waals surface area contributed by atoms with Gasteiger partial charge in [-0.05, 0) is 50.1 Å². The number of rotatable bonds is 7. The first-order chi connectivity index (χ1) is 11.0. The Labute approximate surface area is 142 Å². The van der Waals surface area contributed by atoms with E-state index in [9.17, 15) is 9.59 Å². The average Bonchev–Trinajstić information content (AvgIpc) is 2.54. The summed E-state index contributed by atoms with van der Waals surface area (Å²) in [5.74, 6) is -0.974. The quantitative estimate of drug-likeness (QED) is 0.347. The van der Waals surface area contributed by atoms with E-state index < -0.39 is 11.8 Å². The molecule has 0 aliphatic heterocycles. The smallest absolute Gasteiger partial charge is 0.261 e. The number of carbonyl (C=O) groups is 2. The summed E-state index contributed by atoms with van der Waals surface area (Å²) in [6, 6.07) is 5.96. The molecule has 0 saturated heterocycles. The van der Waals surface area contributed by atoms with Gasteiger partial charge in [0.05, 0.1) is 5.49 Å². The van der Waals surface area contributed by atoms with Crippen molar-refractivity contribution >= 4 is 41.3 Å². The maximum absolute atomic E-state index is 12.0. The van der Waals surface area contributed by atoms with Crippen LogP contribution in [0.1, 0.15) is 25.0 Å². The molecule has 0 bridgehead atoms. The number of thiocarbonyl (C=S) groups is 1. The van der Waals surface area contributed by atoms with E-state index in [2.05, 4.69) is 47.7 Å². The fraction of sp³-hybridized carbons (Fsp3) is 0.353. The van der Waals surface area contributed by atoms with E-state index in [-0.39, 0.29) is 5.57 Å². The predicted octanol–water partition coefficient (Wildman–Crippen LogP) is 2.04. The van der Waals surface area contributed by atoms with E-state index in [0.29, 0.717) is 0 Å². The second kappa shape index (κ2) is 9.05. The Kier molecular flexibility index (Phi) is 7.41. The van der Waals surface area contributed by atoms with Gasteiger partial charge < -0.3 is 15.5 Å². The number of likely N-dealkylation sites (N-methyl/N-ethyl adjacent to an activating group) is 1. The third-order valence-corrected chi connectivity index (χ3v) is 3.71. The van der Waals surface area contributed by atoms with Crippen LogP contribution in [0.25, 0.3) is 6.08 Å². The van der Waals surface area contributed by atoms with Crippen LogP contribution in [0.4, 0.5) is 5.69 Å². The molecule has 0 fully saturated rings. The molecule has 23 heavy (non-hydrogen) atoms. The highest BCUT2D eigenvalue weighted by Crippen LogP contribution is 2.21. The van der Waals surface area contributed by atoms with Crippen molar-refractivity contribution in [2.75, 3.05) is 25.0 Å². The number of carbonyl (C=O) groups excluding carboxylic acids is 2. The fourth-order valence-electron chi connectivity index (χ4n) is 2.26. The molecule has 0 unspecified atom stereocenters. The lowest BCUT2D eigenvalue weighted by molar-refractivity contribution is -0.122. The van der Waals surface area contributed by atoms with Crippen molar-refractivity contribution in [2.45, 2.75) is 20.8 Å². The average molecular weight is 333 g/mol. The third-order valence-electron chi connectivity index (χ3n) is 3.59. The standard InChI is InChI=1S/C17H23N3O2S/c1-5-20(6-2)14-8-7-13(12(3)9-14)10-15(16(21)18-4)17(22)19-11-23/h7-11H,5-6H2,1-4H3,(H,18,21)(H,19,22,23)/b15-10-. The molecule has 2 N–H and O–H groups in total. The molecule has 6 heteroatoms. The van der Waals surface area contributed by atoms with Gasteiger partial charge in [-0.25, -0.2) is 0 Å². The first-order valence-electron chi connectivity index (χ1n) is 7.52. The van der Waals surface area contributed by atoms with Gasteiger partial charge in [0.25, 0.3) is 11.8 Å². The monoisotopic (exact) mass is 333 g/mol. The summed E-state index contributed by atoms with van der Waals surface area (Å²) in [4.78, 5) is 26.1. The minimum atomic E-state index is -0.522. The van der Waals surface area contributed by atoms with Crippen LogP contribution in [0.2, 0.25) is 0 Å². The van der Waals surface area contributed by atoms with Crippen LogP contribution in [-0.2, 0) is 9.59 Å². The number of nitrogens with one attached hydrogen (secondary N) is 2. The Hall–Kier alpha value is -2.21. The van der Waals surface area contributed by atoms with Gasteiger partial charge in [0, 0.05) is 25.8 Å². The molecule has 0 saturated carbocycles. The van der Waals surface area contributed by atoms with E-state index in [1.165, 1.54) is 7.05 Å². The van der Waals surface area contributed by atoms with Crippen molar-refractivity contribution in [2.24, 2.45) is 0 Å². The molecule has 2 amide bonds. The van der Waals surface area contributed by atoms with Gasteiger partial charge in [-0.2, -0.15) is 0 Å². The normalized spacial score (nSPS) is 10.9. The highest BCUT2D eigenvalue weighted by Gasteiger charge is 2.17. The lowest BCUT2D eigenvalue weighted by Gasteiger charge is -2.22. The molecule has 0 aliphatic rings. The van der Waals surface area contributed by atoms with E-state index in [1.54, 1.807) is 6.08 Å². The molecule has 0 heterocycles. The number of aryl methyl sites for hydroxylation is 1. The molecule has 5 nitrogen and oxygen atoms in total. The molecule has 0 spiro atoms. The molecule has 0 aliphatic carbocycles. The van der Waals surface area contributed by atoms with Crippen molar-refractivity contribution < 1.29 is 9.59 Å². The van der Waals surface area contributed by atoms with Crippen molar-refractivity contribution in [3.8, 4) is 0 Å². The van der Waals surface area contributed by atoms with Gasteiger partial charge in [-0.3, -0.25) is 9.59 Å². The summed E-state index contributed by atoms with van der Waals surface area (Å²) >= 11 is 4.61. The minimum Gasteiger partial charge on any atom is -0.372 e. The largest absolute Gasteiger partial charge is 0.372 e. The second-order valence-electron chi connectivity index (χ2n) is 4.94. The highest BCUT2D eigenvalue weighted by atomic mass is 32.1. The maximum atomic E-state index is 12.0. The molecule has 0 radical (unpaired) electrons. The van der Waals surface area contributed by atoms with Gasteiger partial charge in [-0.15, -0.1) is 0 Å². The summed E-state index contributed by atoms with van der Waals surface area (Å²) in [7, 11) is 1.48.